The van der Waals surface area contributed by atoms with Gasteiger partial charge < -0.3 is 14.5 Å². The first-order valence-electron chi connectivity index (χ1n) is 11.5. The van der Waals surface area contributed by atoms with Crippen LogP contribution < -0.4 is 5.32 Å². The second-order valence-electron chi connectivity index (χ2n) is 9.95. The van der Waals surface area contributed by atoms with Crippen molar-refractivity contribution in [3.8, 4) is 0 Å². The molecular weight excluding hydrogens is 378 g/mol. The normalized spacial score (nSPS) is 19.6. The van der Waals surface area contributed by atoms with Crippen molar-refractivity contribution >= 4 is 49.3 Å². The summed E-state index contributed by atoms with van der Waals surface area (Å²) < 4.78 is 5.33. The highest BCUT2D eigenvalue weighted by Gasteiger charge is 2.38. The van der Waals surface area contributed by atoms with Gasteiger partial charge in [0.05, 0.1) is 11.0 Å². The van der Waals surface area contributed by atoms with Crippen LogP contribution in [-0.4, -0.2) is 9.13 Å². The van der Waals surface area contributed by atoms with Crippen molar-refractivity contribution in [3.05, 3.63) is 66.2 Å². The molecule has 0 bridgehead atoms. The first kappa shape index (κ1) is 17.5. The average molecular weight is 406 g/mol. The van der Waals surface area contributed by atoms with Crippen molar-refractivity contribution in [3.63, 3.8) is 0 Å². The quantitative estimate of drug-likeness (QED) is 0.317. The Morgan fingerprint density at radius 2 is 1.65 bits per heavy atom. The van der Waals surface area contributed by atoms with Crippen LogP contribution in [-0.2, 0) is 12.1 Å². The second-order valence-corrected chi connectivity index (χ2v) is 9.95. The molecular formula is C28H27N3. The third-order valence-electron chi connectivity index (χ3n) is 7.82. The first-order chi connectivity index (χ1) is 15.0. The number of aromatic nitrogens is 2. The Labute approximate surface area is 181 Å². The highest BCUT2D eigenvalue weighted by molar-refractivity contribution is 6.27. The monoisotopic (exact) mass is 405 g/mol. The predicted octanol–water partition coefficient (Wildman–Crippen LogP) is 7.07. The molecule has 2 aliphatic heterocycles. The van der Waals surface area contributed by atoms with Gasteiger partial charge in [0.2, 0.25) is 0 Å². The topological polar surface area (TPSA) is 21.9 Å². The summed E-state index contributed by atoms with van der Waals surface area (Å²) in [5.74, 6) is 0. The summed E-state index contributed by atoms with van der Waals surface area (Å²) in [5.41, 5.74) is 9.33. The minimum Gasteiger partial charge on any atom is -0.381 e. The molecule has 3 aromatic carbocycles. The smallest absolute Gasteiger partial charge is 0.0749 e. The Hall–Kier alpha value is -3.20. The van der Waals surface area contributed by atoms with Gasteiger partial charge in [-0.3, -0.25) is 0 Å². The van der Waals surface area contributed by atoms with Crippen LogP contribution >= 0.6 is 0 Å². The summed E-state index contributed by atoms with van der Waals surface area (Å²) >= 11 is 0. The van der Waals surface area contributed by atoms with E-state index in [4.69, 9.17) is 0 Å². The molecule has 0 aliphatic carbocycles. The summed E-state index contributed by atoms with van der Waals surface area (Å²) in [5, 5.41) is 9.11. The highest BCUT2D eigenvalue weighted by Crippen LogP contribution is 2.52. The lowest BCUT2D eigenvalue weighted by atomic mass is 9.93. The third kappa shape index (κ3) is 1.91. The summed E-state index contributed by atoms with van der Waals surface area (Å²) in [6.45, 7) is 12.5. The Kier molecular flexibility index (Phi) is 3.12. The maximum atomic E-state index is 4.44. The zero-order valence-corrected chi connectivity index (χ0v) is 18.4. The molecule has 2 aliphatic rings. The van der Waals surface area contributed by atoms with Crippen molar-refractivity contribution in [2.75, 3.05) is 0 Å². The Bertz CT molecular complexity index is 1590. The van der Waals surface area contributed by atoms with Crippen molar-refractivity contribution in [1.82, 2.24) is 14.5 Å². The molecule has 0 spiro atoms. The lowest BCUT2D eigenvalue weighted by Gasteiger charge is -2.31. The van der Waals surface area contributed by atoms with Crippen molar-refractivity contribution in [2.45, 2.75) is 51.7 Å². The number of nitrogens with zero attached hydrogens (tertiary/aromatic N) is 2. The van der Waals surface area contributed by atoms with Crippen LogP contribution in [0.15, 0.2) is 55.1 Å². The maximum absolute atomic E-state index is 4.44. The van der Waals surface area contributed by atoms with Crippen molar-refractivity contribution in [2.24, 2.45) is 0 Å². The van der Waals surface area contributed by atoms with E-state index >= 15 is 0 Å². The van der Waals surface area contributed by atoms with Gasteiger partial charge in [-0.15, -0.1) is 0 Å². The molecule has 4 heterocycles. The molecule has 0 unspecified atom stereocenters. The molecule has 1 N–H and O–H groups in total. The summed E-state index contributed by atoms with van der Waals surface area (Å²) in [6, 6.07) is 18.4. The van der Waals surface area contributed by atoms with Gasteiger partial charge in [0.15, 0.2) is 0 Å². The Morgan fingerprint density at radius 3 is 2.39 bits per heavy atom. The molecule has 5 aromatic rings. The summed E-state index contributed by atoms with van der Waals surface area (Å²) in [6.07, 6.45) is 2.24. The van der Waals surface area contributed by atoms with E-state index in [0.717, 1.165) is 25.1 Å². The van der Waals surface area contributed by atoms with Crippen LogP contribution in [0.1, 0.15) is 50.8 Å². The minimum absolute atomic E-state index is 0.0202. The maximum Gasteiger partial charge on any atom is 0.0749 e. The molecule has 3 heteroatoms. The molecule has 154 valence electrons. The molecule has 0 saturated heterocycles. The molecule has 0 fully saturated rings. The fourth-order valence-corrected chi connectivity index (χ4v) is 6.68. The van der Waals surface area contributed by atoms with E-state index in [0.29, 0.717) is 6.04 Å². The number of fused-ring (bicyclic) bond motifs is 9. The number of hydrogen-bond acceptors (Lipinski definition) is 1. The predicted molar refractivity (Wildman–Crippen MR) is 132 cm³/mol. The van der Waals surface area contributed by atoms with Gasteiger partial charge in [-0.05, 0) is 44.4 Å². The van der Waals surface area contributed by atoms with Gasteiger partial charge in [0.1, 0.15) is 0 Å². The van der Waals surface area contributed by atoms with Crippen LogP contribution in [0.3, 0.4) is 0 Å². The van der Waals surface area contributed by atoms with Crippen LogP contribution in [0.4, 0.5) is 0 Å². The zero-order chi connectivity index (χ0) is 21.1. The molecule has 0 amide bonds. The lowest BCUT2D eigenvalue weighted by Crippen LogP contribution is -2.28. The summed E-state index contributed by atoms with van der Waals surface area (Å²) in [7, 11) is 0. The van der Waals surface area contributed by atoms with Gasteiger partial charge in [-0.2, -0.15) is 0 Å². The van der Waals surface area contributed by atoms with E-state index < -0.39 is 0 Å². The number of nitrogens with one attached hydrogen (secondary N) is 1. The molecule has 0 saturated carbocycles. The second kappa shape index (κ2) is 5.53. The number of hydrogen-bond donors (Lipinski definition) is 1. The van der Waals surface area contributed by atoms with Gasteiger partial charge in [-0.25, -0.2) is 0 Å². The van der Waals surface area contributed by atoms with E-state index in [1.165, 1.54) is 54.7 Å². The fourth-order valence-electron chi connectivity index (χ4n) is 6.68. The molecule has 2 aromatic heterocycles. The minimum atomic E-state index is 0.0202. The van der Waals surface area contributed by atoms with Crippen LogP contribution in [0.5, 0.6) is 0 Å². The first-order valence-corrected chi connectivity index (χ1v) is 11.5. The lowest BCUT2D eigenvalue weighted by molar-refractivity contribution is 0.286. The van der Waals surface area contributed by atoms with Gasteiger partial charge in [0, 0.05) is 62.0 Å². The highest BCUT2D eigenvalue weighted by atomic mass is 15.1. The van der Waals surface area contributed by atoms with Crippen LogP contribution in [0.25, 0.3) is 49.3 Å². The Balaban J connectivity index is 1.92. The molecule has 3 nitrogen and oxygen atoms in total. The van der Waals surface area contributed by atoms with E-state index in [1.54, 1.807) is 0 Å². The number of para-hydroxylation sites is 2. The molecule has 31 heavy (non-hydrogen) atoms. The Morgan fingerprint density at radius 1 is 0.968 bits per heavy atom. The van der Waals surface area contributed by atoms with E-state index in [2.05, 4.69) is 90.3 Å². The van der Waals surface area contributed by atoms with Crippen molar-refractivity contribution < 1.29 is 0 Å². The van der Waals surface area contributed by atoms with Crippen LogP contribution in [0, 0.1) is 0 Å². The van der Waals surface area contributed by atoms with Gasteiger partial charge >= 0.3 is 0 Å². The number of rotatable bonds is 1. The molecule has 7 rings (SSSR count). The average Bonchev–Trinajstić information content (AvgIpc) is 3.39. The van der Waals surface area contributed by atoms with Gasteiger partial charge in [0.25, 0.3) is 0 Å². The number of benzene rings is 3. The van der Waals surface area contributed by atoms with Crippen LogP contribution in [0.2, 0.25) is 0 Å². The van der Waals surface area contributed by atoms with Crippen molar-refractivity contribution in [1.29, 1.82) is 0 Å². The fraction of sp³-hybridized carbons (Fsp3) is 0.286. The SMILES string of the molecule is C=C1NCc2c1c1c3ccccc3n3c1c1c2c2ccccc2n1C(C)(C)C[C@@H]3CC. The molecule has 0 radical (unpaired) electrons. The zero-order valence-electron chi connectivity index (χ0n) is 18.4. The van der Waals surface area contributed by atoms with E-state index in [9.17, 15) is 0 Å². The standard InChI is InChI=1S/C28H27N3/c1-5-17-14-28(3,4)31-22-13-9-7-11-19(22)24-20-15-29-16(2)23(20)25-18-10-6-8-12-21(18)30(17)26(25)27(24)31/h6-13,17,29H,2,5,14-15H2,1,3-4H3/t17-/m0/s1. The van der Waals surface area contributed by atoms with E-state index in [1.807, 2.05) is 0 Å². The molecule has 1 atom stereocenters. The van der Waals surface area contributed by atoms with E-state index in [-0.39, 0.29) is 5.54 Å². The van der Waals surface area contributed by atoms with Gasteiger partial charge in [-0.1, -0.05) is 49.9 Å². The summed E-state index contributed by atoms with van der Waals surface area (Å²) in [4.78, 5) is 0. The third-order valence-corrected chi connectivity index (χ3v) is 7.82. The largest absolute Gasteiger partial charge is 0.381 e.